The molecule has 0 aromatic heterocycles. The molecule has 6 heteroatoms. The smallest absolute Gasteiger partial charge is 0.336 e. The lowest BCUT2D eigenvalue weighted by Gasteiger charge is -2.29. The summed E-state index contributed by atoms with van der Waals surface area (Å²) in [6.07, 6.45) is 0. The SMILES string of the molecule is O=C(O)C1(C(=O)O)CSCCN1. The van der Waals surface area contributed by atoms with E-state index in [1.54, 1.807) is 0 Å². The van der Waals surface area contributed by atoms with Crippen LogP contribution in [0.2, 0.25) is 0 Å². The molecule has 1 heterocycles. The van der Waals surface area contributed by atoms with E-state index in [4.69, 9.17) is 10.2 Å². The van der Waals surface area contributed by atoms with Gasteiger partial charge in [0.05, 0.1) is 0 Å². The average molecular weight is 191 g/mol. The summed E-state index contributed by atoms with van der Waals surface area (Å²) in [7, 11) is 0. The van der Waals surface area contributed by atoms with Crippen LogP contribution in [0.4, 0.5) is 0 Å². The topological polar surface area (TPSA) is 86.6 Å². The maximum atomic E-state index is 10.7. The Hall–Kier alpha value is -0.750. The van der Waals surface area contributed by atoms with Gasteiger partial charge in [0, 0.05) is 18.1 Å². The van der Waals surface area contributed by atoms with Crippen molar-refractivity contribution in [3.63, 3.8) is 0 Å². The highest BCUT2D eigenvalue weighted by Gasteiger charge is 2.47. The van der Waals surface area contributed by atoms with Crippen LogP contribution >= 0.6 is 11.8 Å². The van der Waals surface area contributed by atoms with Crippen LogP contribution in [0.3, 0.4) is 0 Å². The molecular formula is C6H9NO4S. The van der Waals surface area contributed by atoms with Gasteiger partial charge in [-0.05, 0) is 0 Å². The van der Waals surface area contributed by atoms with Gasteiger partial charge in [-0.25, -0.2) is 9.59 Å². The number of carbonyl (C=O) groups is 2. The molecule has 1 aliphatic rings. The van der Waals surface area contributed by atoms with Crippen molar-refractivity contribution >= 4 is 23.7 Å². The monoisotopic (exact) mass is 191 g/mol. The van der Waals surface area contributed by atoms with Gasteiger partial charge in [-0.1, -0.05) is 0 Å². The van der Waals surface area contributed by atoms with Crippen LogP contribution in [0.15, 0.2) is 0 Å². The summed E-state index contributed by atoms with van der Waals surface area (Å²) in [6.45, 7) is 0.420. The summed E-state index contributed by atoms with van der Waals surface area (Å²) >= 11 is 1.33. The molecule has 1 aliphatic heterocycles. The van der Waals surface area contributed by atoms with Gasteiger partial charge in [0.25, 0.3) is 0 Å². The molecule has 68 valence electrons. The fourth-order valence-corrected chi connectivity index (χ4v) is 2.02. The maximum absolute atomic E-state index is 10.7. The molecule has 1 fully saturated rings. The molecule has 0 aromatic carbocycles. The highest BCUT2D eigenvalue weighted by Crippen LogP contribution is 2.18. The molecule has 0 unspecified atom stereocenters. The Bertz CT molecular complexity index is 196. The van der Waals surface area contributed by atoms with Gasteiger partial charge in [0.2, 0.25) is 5.54 Å². The Kier molecular flexibility index (Phi) is 2.58. The van der Waals surface area contributed by atoms with Crippen molar-refractivity contribution in [1.29, 1.82) is 0 Å². The standard InChI is InChI=1S/C6H9NO4S/c8-4(9)6(5(10)11)3-12-2-1-7-6/h7H,1-3H2,(H,8,9)(H,10,11). The molecule has 0 aromatic rings. The van der Waals surface area contributed by atoms with Gasteiger partial charge in [-0.3, -0.25) is 5.32 Å². The summed E-state index contributed by atoms with van der Waals surface area (Å²) in [4.78, 5) is 21.3. The van der Waals surface area contributed by atoms with Crippen molar-refractivity contribution in [3.05, 3.63) is 0 Å². The van der Waals surface area contributed by atoms with Crippen molar-refractivity contribution in [1.82, 2.24) is 5.32 Å². The minimum absolute atomic E-state index is 0.0810. The van der Waals surface area contributed by atoms with Crippen LogP contribution in [0.25, 0.3) is 0 Å². The maximum Gasteiger partial charge on any atom is 0.336 e. The van der Waals surface area contributed by atoms with E-state index in [1.807, 2.05) is 0 Å². The Morgan fingerprint density at radius 1 is 1.33 bits per heavy atom. The number of carboxylic acid groups (broad SMARTS) is 2. The third-order valence-corrected chi connectivity index (χ3v) is 2.85. The lowest BCUT2D eigenvalue weighted by Crippen LogP contribution is -2.62. The van der Waals surface area contributed by atoms with Crippen LogP contribution in [0, 0.1) is 0 Å². The van der Waals surface area contributed by atoms with E-state index in [2.05, 4.69) is 5.32 Å². The lowest BCUT2D eigenvalue weighted by atomic mass is 10.0. The number of aliphatic carboxylic acids is 2. The van der Waals surface area contributed by atoms with Crippen LogP contribution in [-0.2, 0) is 9.59 Å². The van der Waals surface area contributed by atoms with Crippen molar-refractivity contribution in [2.45, 2.75) is 5.54 Å². The zero-order valence-electron chi connectivity index (χ0n) is 6.24. The first-order chi connectivity index (χ1) is 5.59. The molecule has 5 nitrogen and oxygen atoms in total. The van der Waals surface area contributed by atoms with Crippen LogP contribution in [0.5, 0.6) is 0 Å². The number of rotatable bonds is 2. The summed E-state index contributed by atoms with van der Waals surface area (Å²) < 4.78 is 0. The van der Waals surface area contributed by atoms with E-state index in [0.717, 1.165) is 5.75 Å². The second-order valence-corrected chi connectivity index (χ2v) is 3.60. The molecule has 0 atom stereocenters. The molecule has 0 aliphatic carbocycles. The number of hydrogen-bond donors (Lipinski definition) is 3. The van der Waals surface area contributed by atoms with Crippen LogP contribution < -0.4 is 5.32 Å². The summed E-state index contributed by atoms with van der Waals surface area (Å²) in [5.74, 6) is -1.80. The minimum atomic E-state index is -1.77. The Balaban J connectivity index is 2.84. The summed E-state index contributed by atoms with van der Waals surface area (Å²) in [5.41, 5.74) is -1.77. The Morgan fingerprint density at radius 3 is 2.17 bits per heavy atom. The molecule has 0 spiro atoms. The molecule has 0 amide bonds. The highest BCUT2D eigenvalue weighted by atomic mass is 32.2. The van der Waals surface area contributed by atoms with E-state index in [0.29, 0.717) is 6.54 Å². The van der Waals surface area contributed by atoms with Gasteiger partial charge in [-0.2, -0.15) is 11.8 Å². The third kappa shape index (κ3) is 1.39. The number of thioether (sulfide) groups is 1. The largest absolute Gasteiger partial charge is 0.479 e. The number of carboxylic acids is 2. The predicted octanol–water partition coefficient (Wildman–Crippen LogP) is -0.769. The van der Waals surface area contributed by atoms with E-state index in [1.165, 1.54) is 11.8 Å². The molecule has 0 saturated carbocycles. The highest BCUT2D eigenvalue weighted by molar-refractivity contribution is 7.99. The van der Waals surface area contributed by atoms with Crippen molar-refractivity contribution in [3.8, 4) is 0 Å². The zero-order valence-corrected chi connectivity index (χ0v) is 7.06. The van der Waals surface area contributed by atoms with Gasteiger partial charge >= 0.3 is 11.9 Å². The first-order valence-electron chi connectivity index (χ1n) is 3.39. The quantitative estimate of drug-likeness (QED) is 0.497. The van der Waals surface area contributed by atoms with Crippen molar-refractivity contribution in [2.75, 3.05) is 18.1 Å². The van der Waals surface area contributed by atoms with Gasteiger partial charge < -0.3 is 10.2 Å². The normalized spacial score (nSPS) is 21.7. The Labute approximate surface area is 73.1 Å². The molecule has 0 radical (unpaired) electrons. The van der Waals surface area contributed by atoms with Crippen molar-refractivity contribution < 1.29 is 19.8 Å². The Morgan fingerprint density at radius 2 is 1.92 bits per heavy atom. The van der Waals surface area contributed by atoms with E-state index in [-0.39, 0.29) is 5.75 Å². The average Bonchev–Trinajstić information content (AvgIpc) is 2.05. The second-order valence-electron chi connectivity index (χ2n) is 2.49. The third-order valence-electron chi connectivity index (χ3n) is 1.72. The molecule has 12 heavy (non-hydrogen) atoms. The molecule has 0 bridgehead atoms. The van der Waals surface area contributed by atoms with Gasteiger partial charge in [0.15, 0.2) is 0 Å². The van der Waals surface area contributed by atoms with E-state index < -0.39 is 17.5 Å². The van der Waals surface area contributed by atoms with Crippen molar-refractivity contribution in [2.24, 2.45) is 0 Å². The van der Waals surface area contributed by atoms with Crippen LogP contribution in [-0.4, -0.2) is 45.7 Å². The van der Waals surface area contributed by atoms with Gasteiger partial charge in [-0.15, -0.1) is 0 Å². The van der Waals surface area contributed by atoms with E-state index >= 15 is 0 Å². The number of hydrogen-bond acceptors (Lipinski definition) is 4. The number of nitrogens with one attached hydrogen (secondary N) is 1. The van der Waals surface area contributed by atoms with Crippen LogP contribution in [0.1, 0.15) is 0 Å². The predicted molar refractivity (Wildman–Crippen MR) is 43.3 cm³/mol. The summed E-state index contributed by atoms with van der Waals surface area (Å²) in [5, 5.41) is 19.9. The lowest BCUT2D eigenvalue weighted by molar-refractivity contribution is -0.157. The second kappa shape index (κ2) is 3.32. The minimum Gasteiger partial charge on any atom is -0.479 e. The zero-order chi connectivity index (χ0) is 9.19. The fourth-order valence-electron chi connectivity index (χ4n) is 0.979. The molecule has 3 N–H and O–H groups in total. The first kappa shape index (κ1) is 9.34. The molecule has 1 rings (SSSR count). The fraction of sp³-hybridized carbons (Fsp3) is 0.667. The van der Waals surface area contributed by atoms with E-state index in [9.17, 15) is 9.59 Å². The molecule has 1 saturated heterocycles. The summed E-state index contributed by atoms with van der Waals surface area (Å²) in [6, 6.07) is 0. The first-order valence-corrected chi connectivity index (χ1v) is 4.54. The van der Waals surface area contributed by atoms with Gasteiger partial charge in [0.1, 0.15) is 0 Å². The molecular weight excluding hydrogens is 182 g/mol.